The van der Waals surface area contributed by atoms with Crippen LogP contribution in [0.3, 0.4) is 0 Å². The van der Waals surface area contributed by atoms with E-state index in [1.165, 1.54) is 12.3 Å². The van der Waals surface area contributed by atoms with E-state index in [0.717, 1.165) is 5.69 Å². The summed E-state index contributed by atoms with van der Waals surface area (Å²) in [5.41, 5.74) is 0.241. The zero-order valence-electron chi connectivity index (χ0n) is 14.8. The van der Waals surface area contributed by atoms with Gasteiger partial charge in [0.15, 0.2) is 0 Å². The van der Waals surface area contributed by atoms with Gasteiger partial charge in [0, 0.05) is 18.6 Å². The Morgan fingerprint density at radius 1 is 1.30 bits per heavy atom. The second-order valence-corrected chi connectivity index (χ2v) is 7.02. The number of hydrogen-bond acceptors (Lipinski definition) is 4. The topological polar surface area (TPSA) is 63.2 Å². The molecule has 6 heteroatoms. The van der Waals surface area contributed by atoms with E-state index < -0.39 is 11.7 Å². The number of nitrogens with one attached hydrogen (secondary N) is 2. The molecular formula is C17H28FN3O2. The SMILES string of the molecule is CC(NC(CNC(=O)OC(C)(C)C)C(C)C)c1ccc(F)cn1. The Bertz CT molecular complexity index is 498. The molecule has 0 bridgehead atoms. The molecule has 2 atom stereocenters. The maximum Gasteiger partial charge on any atom is 0.407 e. The molecule has 0 fully saturated rings. The summed E-state index contributed by atoms with van der Waals surface area (Å²) in [4.78, 5) is 15.8. The van der Waals surface area contributed by atoms with Crippen molar-refractivity contribution in [1.82, 2.24) is 15.6 Å². The molecule has 0 aliphatic carbocycles. The number of alkyl carbamates (subject to hydrolysis) is 1. The highest BCUT2D eigenvalue weighted by molar-refractivity contribution is 5.67. The quantitative estimate of drug-likeness (QED) is 0.841. The van der Waals surface area contributed by atoms with Crippen molar-refractivity contribution in [1.29, 1.82) is 0 Å². The van der Waals surface area contributed by atoms with Gasteiger partial charge < -0.3 is 15.4 Å². The van der Waals surface area contributed by atoms with Gasteiger partial charge in [-0.25, -0.2) is 9.18 Å². The minimum atomic E-state index is -0.518. The number of carbonyl (C=O) groups is 1. The fourth-order valence-electron chi connectivity index (χ4n) is 2.04. The number of amides is 1. The molecule has 0 saturated carbocycles. The lowest BCUT2D eigenvalue weighted by molar-refractivity contribution is 0.0518. The van der Waals surface area contributed by atoms with Crippen LogP contribution in [0.2, 0.25) is 0 Å². The van der Waals surface area contributed by atoms with Crippen molar-refractivity contribution < 1.29 is 13.9 Å². The van der Waals surface area contributed by atoms with Gasteiger partial charge in [0.2, 0.25) is 0 Å². The summed E-state index contributed by atoms with van der Waals surface area (Å²) in [5, 5.41) is 6.20. The Balaban J connectivity index is 2.58. The number of rotatable bonds is 6. The van der Waals surface area contributed by atoms with Gasteiger partial charge in [0.05, 0.1) is 11.9 Å². The minimum absolute atomic E-state index is 0.0457. The molecule has 0 radical (unpaired) electrons. The first kappa shape index (κ1) is 19.4. The molecule has 5 nitrogen and oxygen atoms in total. The molecule has 1 amide bonds. The number of hydrogen-bond donors (Lipinski definition) is 2. The lowest BCUT2D eigenvalue weighted by Gasteiger charge is -2.27. The van der Waals surface area contributed by atoms with Gasteiger partial charge in [-0.05, 0) is 45.7 Å². The monoisotopic (exact) mass is 325 g/mol. The summed E-state index contributed by atoms with van der Waals surface area (Å²) in [6, 6.07) is 3.04. The third kappa shape index (κ3) is 7.41. The van der Waals surface area contributed by atoms with E-state index in [1.54, 1.807) is 6.07 Å². The molecule has 1 rings (SSSR count). The number of halogens is 1. The van der Waals surface area contributed by atoms with E-state index in [1.807, 2.05) is 27.7 Å². The van der Waals surface area contributed by atoms with Gasteiger partial charge in [-0.15, -0.1) is 0 Å². The average molecular weight is 325 g/mol. The Morgan fingerprint density at radius 3 is 2.43 bits per heavy atom. The first-order valence-electron chi connectivity index (χ1n) is 7.93. The maximum atomic E-state index is 12.9. The third-order valence-electron chi connectivity index (χ3n) is 3.33. The van der Waals surface area contributed by atoms with Crippen molar-refractivity contribution in [3.8, 4) is 0 Å². The van der Waals surface area contributed by atoms with Crippen LogP contribution in [-0.4, -0.2) is 29.3 Å². The third-order valence-corrected chi connectivity index (χ3v) is 3.33. The van der Waals surface area contributed by atoms with Crippen LogP contribution in [0.5, 0.6) is 0 Å². The summed E-state index contributed by atoms with van der Waals surface area (Å²) < 4.78 is 18.2. The van der Waals surface area contributed by atoms with Crippen LogP contribution in [0.4, 0.5) is 9.18 Å². The van der Waals surface area contributed by atoms with Crippen molar-refractivity contribution >= 4 is 6.09 Å². The van der Waals surface area contributed by atoms with Crippen molar-refractivity contribution in [3.05, 3.63) is 29.8 Å². The molecular weight excluding hydrogens is 297 g/mol. The fraction of sp³-hybridized carbons (Fsp3) is 0.647. The lowest BCUT2D eigenvalue weighted by Crippen LogP contribution is -2.46. The van der Waals surface area contributed by atoms with Gasteiger partial charge in [0.1, 0.15) is 11.4 Å². The number of nitrogens with zero attached hydrogens (tertiary/aromatic N) is 1. The van der Waals surface area contributed by atoms with E-state index in [0.29, 0.717) is 12.5 Å². The van der Waals surface area contributed by atoms with E-state index >= 15 is 0 Å². The number of carbonyl (C=O) groups excluding carboxylic acids is 1. The van der Waals surface area contributed by atoms with Gasteiger partial charge in [-0.3, -0.25) is 4.98 Å². The molecule has 1 aromatic heterocycles. The Hall–Kier alpha value is -1.69. The Morgan fingerprint density at radius 2 is 1.96 bits per heavy atom. The highest BCUT2D eigenvalue weighted by Crippen LogP contribution is 2.13. The van der Waals surface area contributed by atoms with Crippen LogP contribution in [0, 0.1) is 11.7 Å². The molecule has 2 unspecified atom stereocenters. The number of aromatic nitrogens is 1. The number of pyridine rings is 1. The smallest absolute Gasteiger partial charge is 0.407 e. The van der Waals surface area contributed by atoms with Crippen LogP contribution in [0.15, 0.2) is 18.3 Å². The van der Waals surface area contributed by atoms with Crippen molar-refractivity contribution in [2.45, 2.75) is 59.2 Å². The molecule has 0 aromatic carbocycles. The normalized spacial score (nSPS) is 14.4. The molecule has 0 aliphatic heterocycles. The molecule has 130 valence electrons. The maximum absolute atomic E-state index is 12.9. The Labute approximate surface area is 138 Å². The number of ether oxygens (including phenoxy) is 1. The predicted molar refractivity (Wildman–Crippen MR) is 88.6 cm³/mol. The molecule has 1 aromatic rings. The zero-order chi connectivity index (χ0) is 17.6. The average Bonchev–Trinajstić information content (AvgIpc) is 2.41. The zero-order valence-corrected chi connectivity index (χ0v) is 14.8. The first-order chi connectivity index (χ1) is 10.6. The first-order valence-corrected chi connectivity index (χ1v) is 7.93. The van der Waals surface area contributed by atoms with E-state index in [-0.39, 0.29) is 17.9 Å². The molecule has 23 heavy (non-hydrogen) atoms. The summed E-state index contributed by atoms with van der Waals surface area (Å²) in [6.07, 6.45) is 0.772. The van der Waals surface area contributed by atoms with Crippen LogP contribution in [0.1, 0.15) is 53.3 Å². The van der Waals surface area contributed by atoms with Crippen LogP contribution in [-0.2, 0) is 4.74 Å². The molecule has 2 N–H and O–H groups in total. The fourth-order valence-corrected chi connectivity index (χ4v) is 2.04. The second kappa shape index (κ2) is 8.24. The van der Waals surface area contributed by atoms with Crippen molar-refractivity contribution in [2.75, 3.05) is 6.54 Å². The van der Waals surface area contributed by atoms with E-state index in [2.05, 4.69) is 29.5 Å². The van der Waals surface area contributed by atoms with Gasteiger partial charge in [-0.2, -0.15) is 0 Å². The molecule has 0 spiro atoms. The Kier molecular flexibility index (Phi) is 6.94. The van der Waals surface area contributed by atoms with Gasteiger partial charge in [-0.1, -0.05) is 13.8 Å². The van der Waals surface area contributed by atoms with Crippen LogP contribution < -0.4 is 10.6 Å². The van der Waals surface area contributed by atoms with Gasteiger partial charge in [0.25, 0.3) is 0 Å². The standard InChI is InChI=1S/C17H28FN3O2/c1-11(2)15(10-20-16(22)23-17(4,5)6)21-12(3)14-8-7-13(18)9-19-14/h7-9,11-12,15,21H,10H2,1-6H3,(H,20,22). The van der Waals surface area contributed by atoms with Gasteiger partial charge >= 0.3 is 6.09 Å². The largest absolute Gasteiger partial charge is 0.444 e. The summed E-state index contributed by atoms with van der Waals surface area (Å²) in [6.45, 7) is 12.0. The second-order valence-electron chi connectivity index (χ2n) is 7.02. The molecule has 0 aliphatic rings. The van der Waals surface area contributed by atoms with E-state index in [9.17, 15) is 9.18 Å². The molecule has 0 saturated heterocycles. The van der Waals surface area contributed by atoms with Crippen molar-refractivity contribution in [3.63, 3.8) is 0 Å². The van der Waals surface area contributed by atoms with Crippen LogP contribution in [0.25, 0.3) is 0 Å². The highest BCUT2D eigenvalue weighted by Gasteiger charge is 2.21. The molecule has 1 heterocycles. The minimum Gasteiger partial charge on any atom is -0.444 e. The van der Waals surface area contributed by atoms with Crippen LogP contribution >= 0.6 is 0 Å². The predicted octanol–water partition coefficient (Wildman–Crippen LogP) is 3.42. The van der Waals surface area contributed by atoms with E-state index in [4.69, 9.17) is 4.74 Å². The highest BCUT2D eigenvalue weighted by atomic mass is 19.1. The summed E-state index contributed by atoms with van der Waals surface area (Å²) >= 11 is 0. The van der Waals surface area contributed by atoms with Crippen molar-refractivity contribution in [2.24, 2.45) is 5.92 Å². The summed E-state index contributed by atoms with van der Waals surface area (Å²) in [7, 11) is 0. The lowest BCUT2D eigenvalue weighted by atomic mass is 10.0. The summed E-state index contributed by atoms with van der Waals surface area (Å²) in [5.74, 6) is -0.0548.